The molecule has 5 heteroatoms. The largest absolute Gasteiger partial charge is 0.505 e. The summed E-state index contributed by atoms with van der Waals surface area (Å²) in [6.07, 6.45) is 2.86. The molecule has 18 heavy (non-hydrogen) atoms. The van der Waals surface area contributed by atoms with Crippen LogP contribution >= 0.6 is 0 Å². The second-order valence-corrected chi connectivity index (χ2v) is 4.04. The number of hydrogen-bond acceptors (Lipinski definition) is 5. The van der Waals surface area contributed by atoms with Crippen LogP contribution in [0.1, 0.15) is 11.7 Å². The molecule has 1 aromatic heterocycles. The normalized spacial score (nSPS) is 17.5. The highest BCUT2D eigenvalue weighted by Crippen LogP contribution is 2.38. The van der Waals surface area contributed by atoms with Crippen LogP contribution in [0.4, 0.5) is 0 Å². The van der Waals surface area contributed by atoms with Crippen molar-refractivity contribution in [1.82, 2.24) is 9.97 Å². The summed E-state index contributed by atoms with van der Waals surface area (Å²) < 4.78 is 10.6. The Kier molecular flexibility index (Phi) is 2.60. The molecule has 0 aliphatic carbocycles. The molecule has 1 saturated heterocycles. The van der Waals surface area contributed by atoms with Gasteiger partial charge in [-0.1, -0.05) is 0 Å². The van der Waals surface area contributed by atoms with Crippen LogP contribution in [0.3, 0.4) is 0 Å². The molecule has 2 aromatic rings. The molecule has 92 valence electrons. The molecule has 1 aliphatic heterocycles. The van der Waals surface area contributed by atoms with E-state index in [4.69, 9.17) is 9.47 Å². The van der Waals surface area contributed by atoms with Gasteiger partial charge < -0.3 is 14.6 Å². The second-order valence-electron chi connectivity index (χ2n) is 4.04. The topological polar surface area (TPSA) is 67.8 Å². The van der Waals surface area contributed by atoms with Crippen LogP contribution < -0.4 is 4.74 Å². The first-order valence-electron chi connectivity index (χ1n) is 5.59. The van der Waals surface area contributed by atoms with Gasteiger partial charge in [0.2, 0.25) is 0 Å². The highest BCUT2D eigenvalue weighted by Gasteiger charge is 2.28. The maximum atomic E-state index is 9.17. The van der Waals surface area contributed by atoms with E-state index in [0.717, 1.165) is 23.5 Å². The molecule has 1 fully saturated rings. The zero-order valence-electron chi connectivity index (χ0n) is 9.83. The zero-order chi connectivity index (χ0) is 12.5. The van der Waals surface area contributed by atoms with Gasteiger partial charge in [0.1, 0.15) is 11.9 Å². The molecule has 0 unspecified atom stereocenters. The monoisotopic (exact) mass is 244 g/mol. The van der Waals surface area contributed by atoms with Crippen LogP contribution in [0.25, 0.3) is 11.4 Å². The third kappa shape index (κ3) is 2.00. The van der Waals surface area contributed by atoms with Crippen molar-refractivity contribution in [2.45, 2.75) is 6.10 Å². The number of nitrogens with zero attached hydrogens (tertiary/aromatic N) is 2. The molecule has 2 heterocycles. The summed E-state index contributed by atoms with van der Waals surface area (Å²) >= 11 is 0. The summed E-state index contributed by atoms with van der Waals surface area (Å²) in [6.45, 7) is 0.719. The predicted octanol–water partition coefficient (Wildman–Crippen LogP) is 1.93. The zero-order valence-corrected chi connectivity index (χ0v) is 9.83. The average molecular weight is 244 g/mol. The number of aromatic hydroxyl groups is 1. The van der Waals surface area contributed by atoms with Crippen LogP contribution in [-0.2, 0) is 4.74 Å². The van der Waals surface area contributed by atoms with Crippen molar-refractivity contribution in [3.63, 3.8) is 0 Å². The maximum Gasteiger partial charge on any atom is 0.159 e. The Morgan fingerprint density at radius 1 is 1.33 bits per heavy atom. The lowest BCUT2D eigenvalue weighted by Gasteiger charge is -2.08. The smallest absolute Gasteiger partial charge is 0.159 e. The number of methoxy groups -OCH3 is 1. The molecule has 0 amide bonds. The van der Waals surface area contributed by atoms with Crippen molar-refractivity contribution in [2.24, 2.45) is 0 Å². The van der Waals surface area contributed by atoms with Crippen molar-refractivity contribution in [2.75, 3.05) is 13.7 Å². The van der Waals surface area contributed by atoms with Gasteiger partial charge in [-0.15, -0.1) is 0 Å². The van der Waals surface area contributed by atoms with E-state index in [1.807, 2.05) is 18.2 Å². The first-order chi connectivity index (χ1) is 8.78. The van der Waals surface area contributed by atoms with Crippen LogP contribution in [0.2, 0.25) is 0 Å². The molecule has 5 nitrogen and oxygen atoms in total. The Morgan fingerprint density at radius 3 is 2.67 bits per heavy atom. The molecule has 1 N–H and O–H groups in total. The molecular formula is C13H12N2O3. The van der Waals surface area contributed by atoms with E-state index in [-0.39, 0.29) is 11.9 Å². The molecule has 3 rings (SSSR count). The minimum absolute atomic E-state index is 0.0537. The van der Waals surface area contributed by atoms with Gasteiger partial charge in [0.15, 0.2) is 11.6 Å². The van der Waals surface area contributed by atoms with Crippen LogP contribution in [0, 0.1) is 0 Å². The molecular weight excluding hydrogens is 232 g/mol. The molecule has 0 saturated carbocycles. The number of rotatable bonds is 3. The van der Waals surface area contributed by atoms with Crippen molar-refractivity contribution in [3.8, 4) is 22.9 Å². The van der Waals surface area contributed by atoms with Gasteiger partial charge in [-0.3, -0.25) is 0 Å². The third-order valence-electron chi connectivity index (χ3n) is 2.81. The summed E-state index contributed by atoms with van der Waals surface area (Å²) in [5, 5.41) is 9.17. The minimum Gasteiger partial charge on any atom is -0.505 e. The third-order valence-corrected chi connectivity index (χ3v) is 2.81. The number of benzene rings is 1. The lowest BCUT2D eigenvalue weighted by Crippen LogP contribution is -1.93. The summed E-state index contributed by atoms with van der Waals surface area (Å²) in [6, 6.07) is 5.72. The van der Waals surface area contributed by atoms with Gasteiger partial charge in [-0.2, -0.15) is 0 Å². The first kappa shape index (κ1) is 11.0. The maximum absolute atomic E-state index is 9.17. The van der Waals surface area contributed by atoms with E-state index in [1.165, 1.54) is 12.4 Å². The fourth-order valence-corrected chi connectivity index (χ4v) is 1.82. The number of hydrogen-bond donors (Lipinski definition) is 1. The summed E-state index contributed by atoms with van der Waals surface area (Å²) in [5.41, 5.74) is 1.88. The highest BCUT2D eigenvalue weighted by molar-refractivity contribution is 5.59. The minimum atomic E-state index is 0.0537. The van der Waals surface area contributed by atoms with Crippen molar-refractivity contribution in [3.05, 3.63) is 36.2 Å². The van der Waals surface area contributed by atoms with Gasteiger partial charge in [0, 0.05) is 11.1 Å². The Bertz CT molecular complexity index is 565. The SMILES string of the molecule is COc1ccc(-c2ncc(O)cn2)cc1[C@H]1CO1. The molecule has 1 atom stereocenters. The van der Waals surface area contributed by atoms with Crippen LogP contribution in [0.15, 0.2) is 30.6 Å². The first-order valence-corrected chi connectivity index (χ1v) is 5.59. The molecule has 0 bridgehead atoms. The van der Waals surface area contributed by atoms with Crippen LogP contribution in [-0.4, -0.2) is 28.8 Å². The van der Waals surface area contributed by atoms with Gasteiger partial charge in [0.05, 0.1) is 26.1 Å². The molecule has 1 aromatic carbocycles. The van der Waals surface area contributed by atoms with E-state index < -0.39 is 0 Å². The van der Waals surface area contributed by atoms with Gasteiger partial charge in [0.25, 0.3) is 0 Å². The van der Waals surface area contributed by atoms with E-state index in [1.54, 1.807) is 7.11 Å². The standard InChI is InChI=1S/C13H12N2O3/c1-17-11-3-2-8(4-10(11)12-7-18-12)13-14-5-9(16)6-15-13/h2-6,12,16H,7H2,1H3/t12-/m1/s1. The average Bonchev–Trinajstić information content (AvgIpc) is 3.23. The Morgan fingerprint density at radius 2 is 2.06 bits per heavy atom. The summed E-state index contributed by atoms with van der Waals surface area (Å²) in [5.74, 6) is 1.43. The van der Waals surface area contributed by atoms with E-state index in [2.05, 4.69) is 9.97 Å². The number of aromatic nitrogens is 2. The highest BCUT2D eigenvalue weighted by atomic mass is 16.6. The lowest BCUT2D eigenvalue weighted by molar-refractivity contribution is 0.383. The van der Waals surface area contributed by atoms with Gasteiger partial charge in [-0.25, -0.2) is 9.97 Å². The predicted molar refractivity (Wildman–Crippen MR) is 64.4 cm³/mol. The summed E-state index contributed by atoms with van der Waals surface area (Å²) in [7, 11) is 1.64. The Hall–Kier alpha value is -2.14. The van der Waals surface area contributed by atoms with Crippen molar-refractivity contribution in [1.29, 1.82) is 0 Å². The molecule has 0 spiro atoms. The quantitative estimate of drug-likeness (QED) is 0.835. The van der Waals surface area contributed by atoms with E-state index in [0.29, 0.717) is 5.82 Å². The second kappa shape index (κ2) is 4.27. The van der Waals surface area contributed by atoms with Crippen LogP contribution in [0.5, 0.6) is 11.5 Å². The Balaban J connectivity index is 2.02. The number of epoxide rings is 1. The van der Waals surface area contributed by atoms with Gasteiger partial charge in [-0.05, 0) is 18.2 Å². The molecule has 1 aliphatic rings. The Labute approximate surface area is 104 Å². The number of ether oxygens (including phenoxy) is 2. The van der Waals surface area contributed by atoms with Crippen molar-refractivity contribution < 1.29 is 14.6 Å². The fraction of sp³-hybridized carbons (Fsp3) is 0.231. The molecule has 0 radical (unpaired) electrons. The lowest BCUT2D eigenvalue weighted by atomic mass is 10.1. The van der Waals surface area contributed by atoms with E-state index >= 15 is 0 Å². The van der Waals surface area contributed by atoms with Gasteiger partial charge >= 0.3 is 0 Å². The fourth-order valence-electron chi connectivity index (χ4n) is 1.82. The summed E-state index contributed by atoms with van der Waals surface area (Å²) in [4.78, 5) is 8.16. The van der Waals surface area contributed by atoms with E-state index in [9.17, 15) is 5.11 Å². The van der Waals surface area contributed by atoms with Crippen molar-refractivity contribution >= 4 is 0 Å².